The third kappa shape index (κ3) is 5.55. The van der Waals surface area contributed by atoms with E-state index in [9.17, 15) is 23.1 Å². The minimum Gasteiger partial charge on any atom is -0.394 e. The molecule has 0 amide bonds. The molecule has 1 aliphatic rings. The summed E-state index contributed by atoms with van der Waals surface area (Å²) in [6.07, 6.45) is -3.80. The third-order valence-corrected chi connectivity index (χ3v) is 6.45. The summed E-state index contributed by atoms with van der Waals surface area (Å²) in [5.74, 6) is 0. The first kappa shape index (κ1) is 22.9. The minimum atomic E-state index is -4.86. The predicted octanol–water partition coefficient (Wildman–Crippen LogP) is 2.16. The first-order valence-corrected chi connectivity index (χ1v) is 12.8. The maximum atomic E-state index is 13.7. The van der Waals surface area contributed by atoms with E-state index in [0.29, 0.717) is 17.7 Å². The molecule has 0 spiro atoms. The van der Waals surface area contributed by atoms with Gasteiger partial charge in [-0.3, -0.25) is 4.79 Å². The molecule has 1 aromatic rings. The van der Waals surface area contributed by atoms with Crippen molar-refractivity contribution in [1.82, 2.24) is 9.78 Å². The van der Waals surface area contributed by atoms with Crippen molar-refractivity contribution in [3.05, 3.63) is 22.1 Å². The van der Waals surface area contributed by atoms with Gasteiger partial charge in [0.2, 0.25) is 0 Å². The SMILES string of the molecule is CO[C@H]1C[C@@H](CO)N(c2cnn(COCC[Si](C)(C)C)c(=O)c2C(F)(F)F)C1. The second-order valence-electron chi connectivity index (χ2n) is 8.14. The number of ether oxygens (including phenoxy) is 2. The van der Waals surface area contributed by atoms with Crippen LogP contribution < -0.4 is 10.5 Å². The van der Waals surface area contributed by atoms with E-state index in [1.807, 2.05) is 0 Å². The summed E-state index contributed by atoms with van der Waals surface area (Å²) in [4.78, 5) is 13.9. The van der Waals surface area contributed by atoms with E-state index in [1.165, 1.54) is 12.0 Å². The number of aromatic nitrogens is 2. The molecule has 1 fully saturated rings. The normalized spacial score (nSPS) is 20.8. The number of methoxy groups -OCH3 is 1. The van der Waals surface area contributed by atoms with Gasteiger partial charge < -0.3 is 19.5 Å². The van der Waals surface area contributed by atoms with Crippen LogP contribution in [0.4, 0.5) is 18.9 Å². The number of hydrogen-bond donors (Lipinski definition) is 1. The summed E-state index contributed by atoms with van der Waals surface area (Å²) in [7, 11) is 0.106. The number of anilines is 1. The lowest BCUT2D eigenvalue weighted by Crippen LogP contribution is -2.39. The number of hydrogen-bond acceptors (Lipinski definition) is 6. The first-order chi connectivity index (χ1) is 13.0. The van der Waals surface area contributed by atoms with E-state index in [2.05, 4.69) is 24.7 Å². The Morgan fingerprint density at radius 2 is 2.04 bits per heavy atom. The van der Waals surface area contributed by atoms with Gasteiger partial charge in [0.05, 0.1) is 30.6 Å². The summed E-state index contributed by atoms with van der Waals surface area (Å²) in [5.41, 5.74) is -2.89. The molecule has 2 atom stereocenters. The standard InChI is InChI=1S/C17H28F3N3O4Si/c1-26-13-7-12(10-24)22(9-13)14-8-21-23(11-27-5-6-28(2,3)4)16(25)15(14)17(18,19)20/h8,12-13,24H,5-7,9-11H2,1-4H3/t12-,13-/m0/s1. The zero-order valence-corrected chi connectivity index (χ0v) is 17.6. The van der Waals surface area contributed by atoms with Gasteiger partial charge in [-0.1, -0.05) is 19.6 Å². The van der Waals surface area contributed by atoms with Gasteiger partial charge >= 0.3 is 6.18 Å². The Hall–Kier alpha value is -1.43. The van der Waals surface area contributed by atoms with Crippen LogP contribution in [-0.2, 0) is 22.4 Å². The Kier molecular flexibility index (Phi) is 7.29. The molecular weight excluding hydrogens is 395 g/mol. The Morgan fingerprint density at radius 1 is 1.36 bits per heavy atom. The number of rotatable bonds is 8. The highest BCUT2D eigenvalue weighted by molar-refractivity contribution is 6.76. The highest BCUT2D eigenvalue weighted by Crippen LogP contribution is 2.36. The Bertz CT molecular complexity index is 721. The van der Waals surface area contributed by atoms with E-state index >= 15 is 0 Å². The lowest BCUT2D eigenvalue weighted by atomic mass is 10.2. The second-order valence-corrected chi connectivity index (χ2v) is 13.8. The van der Waals surface area contributed by atoms with E-state index in [0.717, 1.165) is 12.2 Å². The topological polar surface area (TPSA) is 76.8 Å². The molecule has 0 bridgehead atoms. The second kappa shape index (κ2) is 8.93. The molecule has 2 heterocycles. The van der Waals surface area contributed by atoms with Crippen molar-refractivity contribution in [3.8, 4) is 0 Å². The molecular formula is C17H28F3N3O4Si. The van der Waals surface area contributed by atoms with Crippen molar-refractivity contribution in [2.75, 3.05) is 31.8 Å². The van der Waals surface area contributed by atoms with Crippen molar-refractivity contribution in [3.63, 3.8) is 0 Å². The van der Waals surface area contributed by atoms with Gasteiger partial charge in [-0.15, -0.1) is 0 Å². The van der Waals surface area contributed by atoms with Crippen LogP contribution >= 0.6 is 0 Å². The average molecular weight is 424 g/mol. The van der Waals surface area contributed by atoms with E-state index in [4.69, 9.17) is 9.47 Å². The number of aliphatic hydroxyl groups is 1. The molecule has 0 radical (unpaired) electrons. The molecule has 0 saturated carbocycles. The van der Waals surface area contributed by atoms with Crippen LogP contribution in [0.15, 0.2) is 11.0 Å². The van der Waals surface area contributed by atoms with Gasteiger partial charge in [0.25, 0.3) is 5.56 Å². The molecule has 160 valence electrons. The molecule has 11 heteroatoms. The summed E-state index contributed by atoms with van der Waals surface area (Å²) >= 11 is 0. The van der Waals surface area contributed by atoms with Gasteiger partial charge in [-0.25, -0.2) is 4.68 Å². The monoisotopic (exact) mass is 423 g/mol. The number of alkyl halides is 3. The van der Waals surface area contributed by atoms with Crippen LogP contribution in [0.3, 0.4) is 0 Å². The predicted molar refractivity (Wildman–Crippen MR) is 101 cm³/mol. The Balaban J connectivity index is 2.30. The molecule has 1 aromatic heterocycles. The molecule has 28 heavy (non-hydrogen) atoms. The van der Waals surface area contributed by atoms with Crippen LogP contribution in [-0.4, -0.2) is 62.0 Å². The smallest absolute Gasteiger partial charge is 0.394 e. The maximum absolute atomic E-state index is 13.7. The third-order valence-electron chi connectivity index (χ3n) is 4.75. The van der Waals surface area contributed by atoms with Crippen molar-refractivity contribution in [2.24, 2.45) is 0 Å². The van der Waals surface area contributed by atoms with Gasteiger partial charge in [0.1, 0.15) is 12.3 Å². The van der Waals surface area contributed by atoms with Gasteiger partial charge in [-0.2, -0.15) is 18.3 Å². The molecule has 1 saturated heterocycles. The summed E-state index contributed by atoms with van der Waals surface area (Å²) in [6.45, 7) is 6.27. The summed E-state index contributed by atoms with van der Waals surface area (Å²) < 4.78 is 52.4. The van der Waals surface area contributed by atoms with Crippen LogP contribution in [0.1, 0.15) is 12.0 Å². The molecule has 7 nitrogen and oxygen atoms in total. The Morgan fingerprint density at radius 3 is 2.57 bits per heavy atom. The molecule has 0 aromatic carbocycles. The summed E-state index contributed by atoms with van der Waals surface area (Å²) in [6, 6.07) is 0.257. The quantitative estimate of drug-likeness (QED) is 0.510. The van der Waals surface area contributed by atoms with E-state index < -0.39 is 31.4 Å². The minimum absolute atomic E-state index is 0.142. The van der Waals surface area contributed by atoms with E-state index in [-0.39, 0.29) is 31.7 Å². The molecule has 2 rings (SSSR count). The number of nitrogens with zero attached hydrogens (tertiary/aromatic N) is 3. The lowest BCUT2D eigenvalue weighted by Gasteiger charge is -2.27. The fourth-order valence-corrected chi connectivity index (χ4v) is 3.85. The first-order valence-electron chi connectivity index (χ1n) is 9.13. The van der Waals surface area contributed by atoms with Crippen molar-refractivity contribution in [2.45, 2.75) is 57.2 Å². The van der Waals surface area contributed by atoms with Crippen LogP contribution in [0, 0.1) is 0 Å². The Labute approximate surface area is 163 Å². The van der Waals surface area contributed by atoms with Crippen molar-refractivity contribution in [1.29, 1.82) is 0 Å². The maximum Gasteiger partial charge on any atom is 0.423 e. The zero-order chi connectivity index (χ0) is 21.1. The van der Waals surface area contributed by atoms with Crippen molar-refractivity contribution < 1.29 is 27.8 Å². The van der Waals surface area contributed by atoms with Gasteiger partial charge in [0, 0.05) is 28.3 Å². The summed E-state index contributed by atoms with van der Waals surface area (Å²) in [5, 5.41) is 13.4. The highest BCUT2D eigenvalue weighted by Gasteiger charge is 2.42. The highest BCUT2D eigenvalue weighted by atomic mass is 28.3. The zero-order valence-electron chi connectivity index (χ0n) is 16.6. The number of halogens is 3. The van der Waals surface area contributed by atoms with Crippen LogP contribution in [0.5, 0.6) is 0 Å². The number of aliphatic hydroxyl groups excluding tert-OH is 1. The van der Waals surface area contributed by atoms with Crippen LogP contribution in [0.2, 0.25) is 25.7 Å². The van der Waals surface area contributed by atoms with E-state index in [1.54, 1.807) is 0 Å². The average Bonchev–Trinajstić information content (AvgIpc) is 3.01. The largest absolute Gasteiger partial charge is 0.423 e. The molecule has 0 unspecified atom stereocenters. The molecule has 0 aliphatic carbocycles. The molecule has 1 N–H and O–H groups in total. The fourth-order valence-electron chi connectivity index (χ4n) is 3.10. The van der Waals surface area contributed by atoms with Gasteiger partial charge in [-0.05, 0) is 12.5 Å². The lowest BCUT2D eigenvalue weighted by molar-refractivity contribution is -0.138. The molecule has 1 aliphatic heterocycles. The fraction of sp³-hybridized carbons (Fsp3) is 0.765. The van der Waals surface area contributed by atoms with Crippen LogP contribution in [0.25, 0.3) is 0 Å². The van der Waals surface area contributed by atoms with Crippen molar-refractivity contribution >= 4 is 13.8 Å². The van der Waals surface area contributed by atoms with Gasteiger partial charge in [0.15, 0.2) is 0 Å².